The number of rotatable bonds is 7. The standard InChI is InChI=1S/C13H18N2OS2/c1-3-10-4-5-12(18-10)11-9-17-13(15-11)8-14-6-7-16-2/h4-5,9,14H,3,6-8H2,1-2H3. The van der Waals surface area contributed by atoms with Gasteiger partial charge in [0.1, 0.15) is 5.01 Å². The molecule has 2 aromatic rings. The largest absolute Gasteiger partial charge is 0.383 e. The van der Waals surface area contributed by atoms with Crippen molar-refractivity contribution in [3.63, 3.8) is 0 Å². The topological polar surface area (TPSA) is 34.1 Å². The molecule has 2 rings (SSSR count). The molecule has 0 atom stereocenters. The van der Waals surface area contributed by atoms with Crippen molar-refractivity contribution in [1.29, 1.82) is 0 Å². The number of methoxy groups -OCH3 is 1. The van der Waals surface area contributed by atoms with Crippen LogP contribution in [-0.4, -0.2) is 25.2 Å². The van der Waals surface area contributed by atoms with Crippen LogP contribution < -0.4 is 5.32 Å². The predicted molar refractivity (Wildman–Crippen MR) is 78.4 cm³/mol. The number of nitrogens with one attached hydrogen (secondary N) is 1. The minimum Gasteiger partial charge on any atom is -0.383 e. The van der Waals surface area contributed by atoms with Gasteiger partial charge in [0.25, 0.3) is 0 Å². The van der Waals surface area contributed by atoms with Crippen molar-refractivity contribution < 1.29 is 4.74 Å². The van der Waals surface area contributed by atoms with Gasteiger partial charge in [-0.15, -0.1) is 22.7 Å². The predicted octanol–water partition coefficient (Wildman–Crippen LogP) is 3.17. The van der Waals surface area contributed by atoms with Crippen LogP contribution in [0.1, 0.15) is 16.8 Å². The van der Waals surface area contributed by atoms with E-state index in [1.807, 2.05) is 11.3 Å². The van der Waals surface area contributed by atoms with E-state index < -0.39 is 0 Å². The first-order chi connectivity index (χ1) is 8.83. The number of hydrogen-bond donors (Lipinski definition) is 1. The maximum atomic E-state index is 4.99. The number of ether oxygens (including phenoxy) is 1. The first-order valence-corrected chi connectivity index (χ1v) is 7.76. The number of thiazole rings is 1. The molecule has 0 aromatic carbocycles. The van der Waals surface area contributed by atoms with E-state index in [1.54, 1.807) is 18.4 Å². The molecule has 0 fully saturated rings. The first kappa shape index (κ1) is 13.7. The van der Waals surface area contributed by atoms with E-state index in [1.165, 1.54) is 9.75 Å². The zero-order valence-electron chi connectivity index (χ0n) is 10.7. The third kappa shape index (κ3) is 3.62. The van der Waals surface area contributed by atoms with Gasteiger partial charge < -0.3 is 10.1 Å². The van der Waals surface area contributed by atoms with Crippen LogP contribution in [0.15, 0.2) is 17.5 Å². The lowest BCUT2D eigenvalue weighted by Gasteiger charge is -2.00. The second kappa shape index (κ2) is 6.99. The number of thiophene rings is 1. The Morgan fingerprint density at radius 2 is 2.28 bits per heavy atom. The molecular weight excluding hydrogens is 264 g/mol. The van der Waals surface area contributed by atoms with E-state index in [4.69, 9.17) is 4.74 Å². The van der Waals surface area contributed by atoms with E-state index in [2.05, 4.69) is 34.7 Å². The van der Waals surface area contributed by atoms with Gasteiger partial charge in [0, 0.05) is 30.5 Å². The van der Waals surface area contributed by atoms with Crippen LogP contribution >= 0.6 is 22.7 Å². The summed E-state index contributed by atoms with van der Waals surface area (Å²) in [5, 5.41) is 6.58. The van der Waals surface area contributed by atoms with E-state index in [-0.39, 0.29) is 0 Å². The Morgan fingerprint density at radius 1 is 1.39 bits per heavy atom. The second-order valence-electron chi connectivity index (χ2n) is 3.92. The van der Waals surface area contributed by atoms with Crippen molar-refractivity contribution in [2.24, 2.45) is 0 Å². The van der Waals surface area contributed by atoms with Crippen molar-refractivity contribution in [2.75, 3.05) is 20.3 Å². The lowest BCUT2D eigenvalue weighted by molar-refractivity contribution is 0.199. The van der Waals surface area contributed by atoms with Crippen LogP contribution in [0.5, 0.6) is 0 Å². The van der Waals surface area contributed by atoms with E-state index in [0.29, 0.717) is 0 Å². The Morgan fingerprint density at radius 3 is 3.00 bits per heavy atom. The van der Waals surface area contributed by atoms with Crippen LogP contribution in [0.4, 0.5) is 0 Å². The summed E-state index contributed by atoms with van der Waals surface area (Å²) >= 11 is 3.55. The molecule has 1 N–H and O–H groups in total. The number of nitrogens with zero attached hydrogens (tertiary/aromatic N) is 1. The van der Waals surface area contributed by atoms with Crippen LogP contribution in [0.25, 0.3) is 10.6 Å². The molecular formula is C13H18N2OS2. The molecule has 0 amide bonds. The molecule has 0 radical (unpaired) electrons. The summed E-state index contributed by atoms with van der Waals surface area (Å²) in [6.07, 6.45) is 1.10. The monoisotopic (exact) mass is 282 g/mol. The highest BCUT2D eigenvalue weighted by Gasteiger charge is 2.06. The quantitative estimate of drug-likeness (QED) is 0.792. The first-order valence-electron chi connectivity index (χ1n) is 6.06. The van der Waals surface area contributed by atoms with Crippen molar-refractivity contribution in [1.82, 2.24) is 10.3 Å². The summed E-state index contributed by atoms with van der Waals surface area (Å²) in [4.78, 5) is 7.34. The second-order valence-corrected chi connectivity index (χ2v) is 6.03. The van der Waals surface area contributed by atoms with Crippen LogP contribution in [0.3, 0.4) is 0 Å². The summed E-state index contributed by atoms with van der Waals surface area (Å²) in [5.74, 6) is 0. The van der Waals surface area contributed by atoms with Crippen LogP contribution in [0.2, 0.25) is 0 Å². The molecule has 0 bridgehead atoms. The number of hydrogen-bond acceptors (Lipinski definition) is 5. The maximum Gasteiger partial charge on any atom is 0.107 e. The highest BCUT2D eigenvalue weighted by Crippen LogP contribution is 2.29. The molecule has 0 aliphatic rings. The van der Waals surface area contributed by atoms with Crippen LogP contribution in [0, 0.1) is 0 Å². The molecule has 0 aliphatic carbocycles. The third-order valence-corrected chi connectivity index (χ3v) is 4.67. The molecule has 0 spiro atoms. The normalized spacial score (nSPS) is 11.0. The molecule has 0 saturated carbocycles. The highest BCUT2D eigenvalue weighted by molar-refractivity contribution is 7.16. The smallest absolute Gasteiger partial charge is 0.107 e. The number of aryl methyl sites for hydroxylation is 1. The van der Waals surface area contributed by atoms with Crippen LogP contribution in [-0.2, 0) is 17.7 Å². The Kier molecular flexibility index (Phi) is 5.31. The van der Waals surface area contributed by atoms with Gasteiger partial charge in [0.15, 0.2) is 0 Å². The molecule has 5 heteroatoms. The summed E-state index contributed by atoms with van der Waals surface area (Å²) in [6.45, 7) is 4.61. The van der Waals surface area contributed by atoms with Crippen molar-refractivity contribution in [3.05, 3.63) is 27.4 Å². The number of aromatic nitrogens is 1. The van der Waals surface area contributed by atoms with Crippen molar-refractivity contribution >= 4 is 22.7 Å². The van der Waals surface area contributed by atoms with Gasteiger partial charge in [-0.1, -0.05) is 6.92 Å². The molecule has 18 heavy (non-hydrogen) atoms. The van der Waals surface area contributed by atoms with E-state index in [0.717, 1.165) is 36.8 Å². The van der Waals surface area contributed by atoms with Gasteiger partial charge in [-0.05, 0) is 18.6 Å². The van der Waals surface area contributed by atoms with Gasteiger partial charge >= 0.3 is 0 Å². The van der Waals surface area contributed by atoms with Crippen molar-refractivity contribution in [2.45, 2.75) is 19.9 Å². The lowest BCUT2D eigenvalue weighted by atomic mass is 10.3. The Hall–Kier alpha value is -0.750. The Balaban J connectivity index is 1.93. The fourth-order valence-corrected chi connectivity index (χ4v) is 3.33. The van der Waals surface area contributed by atoms with Gasteiger partial charge in [0.2, 0.25) is 0 Å². The molecule has 0 saturated heterocycles. The SMILES string of the molecule is CCc1ccc(-c2csc(CNCCOC)n2)s1. The fraction of sp³-hybridized carbons (Fsp3) is 0.462. The minimum absolute atomic E-state index is 0.739. The molecule has 3 nitrogen and oxygen atoms in total. The zero-order chi connectivity index (χ0) is 12.8. The maximum absolute atomic E-state index is 4.99. The summed E-state index contributed by atoms with van der Waals surface area (Å²) in [7, 11) is 1.71. The average molecular weight is 282 g/mol. The summed E-state index contributed by atoms with van der Waals surface area (Å²) in [5.41, 5.74) is 1.10. The molecule has 2 aromatic heterocycles. The summed E-state index contributed by atoms with van der Waals surface area (Å²) < 4.78 is 4.99. The molecule has 98 valence electrons. The zero-order valence-corrected chi connectivity index (χ0v) is 12.4. The van der Waals surface area contributed by atoms with E-state index in [9.17, 15) is 0 Å². The minimum atomic E-state index is 0.739. The third-order valence-electron chi connectivity index (χ3n) is 2.57. The lowest BCUT2D eigenvalue weighted by Crippen LogP contribution is -2.18. The van der Waals surface area contributed by atoms with Gasteiger partial charge in [-0.2, -0.15) is 0 Å². The Bertz CT molecular complexity index is 479. The molecule has 0 aliphatic heterocycles. The molecule has 0 unspecified atom stereocenters. The van der Waals surface area contributed by atoms with Gasteiger partial charge in [0.05, 0.1) is 17.2 Å². The highest BCUT2D eigenvalue weighted by atomic mass is 32.1. The van der Waals surface area contributed by atoms with Gasteiger partial charge in [-0.3, -0.25) is 0 Å². The van der Waals surface area contributed by atoms with Crippen molar-refractivity contribution in [3.8, 4) is 10.6 Å². The molecule has 2 heterocycles. The van der Waals surface area contributed by atoms with Gasteiger partial charge in [-0.25, -0.2) is 4.98 Å². The Labute approximate surface area is 116 Å². The fourth-order valence-electron chi connectivity index (χ4n) is 1.58. The summed E-state index contributed by atoms with van der Waals surface area (Å²) in [6, 6.07) is 4.36. The average Bonchev–Trinajstić information content (AvgIpc) is 3.03. The van der Waals surface area contributed by atoms with E-state index >= 15 is 0 Å².